The fourth-order valence-corrected chi connectivity index (χ4v) is 3.60. The molecule has 2 aliphatic rings. The summed E-state index contributed by atoms with van der Waals surface area (Å²) in [6.45, 7) is 2.29. The maximum absolute atomic E-state index is 6.06. The number of aromatic nitrogens is 2. The third kappa shape index (κ3) is 2.15. The molecule has 1 aromatic carbocycles. The molecule has 0 unspecified atom stereocenters. The Morgan fingerprint density at radius 2 is 2.10 bits per heavy atom. The van der Waals surface area contributed by atoms with Gasteiger partial charge < -0.3 is 10.3 Å². The normalized spacial score (nSPS) is 18.1. The lowest BCUT2D eigenvalue weighted by Gasteiger charge is -2.21. The summed E-state index contributed by atoms with van der Waals surface area (Å²) in [4.78, 5) is 8.37. The van der Waals surface area contributed by atoms with Crippen LogP contribution in [0, 0.1) is 5.92 Å². The Morgan fingerprint density at radius 3 is 2.95 bits per heavy atom. The Hall–Kier alpha value is -1.32. The number of piperidine rings is 1. The highest BCUT2D eigenvalue weighted by Crippen LogP contribution is 2.36. The lowest BCUT2D eigenvalue weighted by molar-refractivity contribution is 0.368. The number of benzene rings is 1. The van der Waals surface area contributed by atoms with E-state index in [1.165, 1.54) is 29.7 Å². The molecule has 4 heteroatoms. The maximum Gasteiger partial charge on any atom is 0.107 e. The Labute approximate surface area is 123 Å². The molecule has 0 atom stereocenters. The fraction of sp³-hybridized carbons (Fsp3) is 0.438. The molecule has 2 N–H and O–H groups in total. The van der Waals surface area contributed by atoms with Gasteiger partial charge in [0.15, 0.2) is 0 Å². The van der Waals surface area contributed by atoms with E-state index in [-0.39, 0.29) is 0 Å². The number of hydrogen-bond donors (Lipinski definition) is 2. The zero-order valence-electron chi connectivity index (χ0n) is 11.4. The molecule has 1 saturated heterocycles. The van der Waals surface area contributed by atoms with Crippen LogP contribution in [-0.4, -0.2) is 23.1 Å². The SMILES string of the molecule is Clc1ccc2c(c1)Cc1[nH]c(CC3CCNCC3)nc1-2. The molecule has 0 amide bonds. The molecule has 0 saturated carbocycles. The molecule has 1 aliphatic heterocycles. The fourth-order valence-electron chi connectivity index (χ4n) is 3.40. The van der Waals surface area contributed by atoms with Gasteiger partial charge in [0.1, 0.15) is 5.82 Å². The van der Waals surface area contributed by atoms with Crippen LogP contribution in [-0.2, 0) is 12.8 Å². The quantitative estimate of drug-likeness (QED) is 0.760. The molecule has 4 rings (SSSR count). The van der Waals surface area contributed by atoms with Gasteiger partial charge in [-0.1, -0.05) is 17.7 Å². The number of hydrogen-bond acceptors (Lipinski definition) is 2. The van der Waals surface area contributed by atoms with Gasteiger partial charge in [-0.2, -0.15) is 0 Å². The first-order chi connectivity index (χ1) is 9.79. The molecule has 1 fully saturated rings. The summed E-state index contributed by atoms with van der Waals surface area (Å²) in [5.74, 6) is 1.93. The zero-order chi connectivity index (χ0) is 13.5. The van der Waals surface area contributed by atoms with Crippen LogP contribution in [0.15, 0.2) is 18.2 Å². The monoisotopic (exact) mass is 287 g/mol. The third-order valence-corrected chi connectivity index (χ3v) is 4.69. The second-order valence-corrected chi connectivity index (χ2v) is 6.32. The first kappa shape index (κ1) is 12.4. The van der Waals surface area contributed by atoms with Crippen LogP contribution in [0.3, 0.4) is 0 Å². The van der Waals surface area contributed by atoms with Crippen molar-refractivity contribution in [2.24, 2.45) is 5.92 Å². The summed E-state index contributed by atoms with van der Waals surface area (Å²) in [5.41, 5.74) is 4.93. The lowest BCUT2D eigenvalue weighted by atomic mass is 9.94. The van der Waals surface area contributed by atoms with Crippen molar-refractivity contribution >= 4 is 11.6 Å². The summed E-state index contributed by atoms with van der Waals surface area (Å²) >= 11 is 6.06. The molecule has 0 radical (unpaired) electrons. The van der Waals surface area contributed by atoms with E-state index in [1.54, 1.807) is 0 Å². The molecule has 2 aromatic rings. The van der Waals surface area contributed by atoms with E-state index >= 15 is 0 Å². The minimum absolute atomic E-state index is 0.771. The largest absolute Gasteiger partial charge is 0.345 e. The maximum atomic E-state index is 6.06. The Bertz CT molecular complexity index is 641. The van der Waals surface area contributed by atoms with E-state index in [2.05, 4.69) is 22.4 Å². The third-order valence-electron chi connectivity index (χ3n) is 4.46. The number of fused-ring (bicyclic) bond motifs is 3. The lowest BCUT2D eigenvalue weighted by Crippen LogP contribution is -2.28. The number of nitrogens with one attached hydrogen (secondary N) is 2. The van der Waals surface area contributed by atoms with E-state index in [0.29, 0.717) is 0 Å². The molecular weight excluding hydrogens is 270 g/mol. The van der Waals surface area contributed by atoms with Crippen LogP contribution in [0.4, 0.5) is 0 Å². The van der Waals surface area contributed by atoms with Crippen molar-refractivity contribution in [3.8, 4) is 11.3 Å². The van der Waals surface area contributed by atoms with E-state index in [9.17, 15) is 0 Å². The average Bonchev–Trinajstić information content (AvgIpc) is 2.96. The van der Waals surface area contributed by atoms with Crippen molar-refractivity contribution in [1.82, 2.24) is 15.3 Å². The van der Waals surface area contributed by atoms with Crippen LogP contribution < -0.4 is 5.32 Å². The van der Waals surface area contributed by atoms with Gasteiger partial charge in [-0.15, -0.1) is 0 Å². The molecule has 0 bridgehead atoms. The van der Waals surface area contributed by atoms with Crippen molar-refractivity contribution in [2.45, 2.75) is 25.7 Å². The molecule has 20 heavy (non-hydrogen) atoms. The number of halogens is 1. The van der Waals surface area contributed by atoms with Crippen LogP contribution >= 0.6 is 11.6 Å². The highest BCUT2D eigenvalue weighted by atomic mass is 35.5. The second kappa shape index (κ2) is 4.90. The molecule has 0 spiro atoms. The molecule has 1 aromatic heterocycles. The van der Waals surface area contributed by atoms with E-state index in [4.69, 9.17) is 16.6 Å². The standard InChI is InChI=1S/C16H18ClN3/c17-12-1-2-13-11(8-12)9-14-16(13)20-15(19-14)7-10-3-5-18-6-4-10/h1-2,8,10,18H,3-7,9H2,(H,19,20). The minimum atomic E-state index is 0.771. The van der Waals surface area contributed by atoms with Crippen LogP contribution in [0.1, 0.15) is 29.9 Å². The smallest absolute Gasteiger partial charge is 0.107 e. The first-order valence-electron chi connectivity index (χ1n) is 7.37. The van der Waals surface area contributed by atoms with Gasteiger partial charge in [-0.25, -0.2) is 4.98 Å². The number of rotatable bonds is 2. The Morgan fingerprint density at radius 1 is 1.25 bits per heavy atom. The molecule has 104 valence electrons. The van der Waals surface area contributed by atoms with Crippen molar-refractivity contribution in [3.05, 3.63) is 40.3 Å². The zero-order valence-corrected chi connectivity index (χ0v) is 12.1. The van der Waals surface area contributed by atoms with Gasteiger partial charge in [0.05, 0.1) is 5.69 Å². The van der Waals surface area contributed by atoms with Crippen molar-refractivity contribution in [2.75, 3.05) is 13.1 Å². The van der Waals surface area contributed by atoms with Crippen LogP contribution in [0.2, 0.25) is 5.02 Å². The van der Waals surface area contributed by atoms with Gasteiger partial charge in [0, 0.05) is 29.1 Å². The van der Waals surface area contributed by atoms with Crippen molar-refractivity contribution < 1.29 is 0 Å². The topological polar surface area (TPSA) is 40.7 Å². The van der Waals surface area contributed by atoms with Crippen molar-refractivity contribution in [1.29, 1.82) is 0 Å². The summed E-state index contributed by atoms with van der Waals surface area (Å²) in [6, 6.07) is 6.11. The molecular formula is C16H18ClN3. The molecule has 1 aliphatic carbocycles. The average molecular weight is 288 g/mol. The number of H-pyrrole nitrogens is 1. The number of aromatic amines is 1. The van der Waals surface area contributed by atoms with Gasteiger partial charge in [-0.3, -0.25) is 0 Å². The van der Waals surface area contributed by atoms with Crippen LogP contribution in [0.25, 0.3) is 11.3 Å². The van der Waals surface area contributed by atoms with Gasteiger partial charge in [0.2, 0.25) is 0 Å². The molecule has 2 heterocycles. The first-order valence-corrected chi connectivity index (χ1v) is 7.74. The van der Waals surface area contributed by atoms with E-state index in [0.717, 1.165) is 48.4 Å². The highest BCUT2D eigenvalue weighted by Gasteiger charge is 2.24. The van der Waals surface area contributed by atoms with Crippen LogP contribution in [0.5, 0.6) is 0 Å². The van der Waals surface area contributed by atoms with Gasteiger partial charge in [0.25, 0.3) is 0 Å². The summed E-state index contributed by atoms with van der Waals surface area (Å²) in [6.07, 6.45) is 4.54. The Balaban J connectivity index is 1.58. The Kier molecular flexibility index (Phi) is 3.04. The number of imidazole rings is 1. The van der Waals surface area contributed by atoms with Gasteiger partial charge in [-0.05, 0) is 49.5 Å². The highest BCUT2D eigenvalue weighted by molar-refractivity contribution is 6.30. The van der Waals surface area contributed by atoms with Gasteiger partial charge >= 0.3 is 0 Å². The molecule has 3 nitrogen and oxygen atoms in total. The summed E-state index contributed by atoms with van der Waals surface area (Å²) in [5, 5.41) is 4.22. The summed E-state index contributed by atoms with van der Waals surface area (Å²) < 4.78 is 0. The van der Waals surface area contributed by atoms with Crippen molar-refractivity contribution in [3.63, 3.8) is 0 Å². The van der Waals surface area contributed by atoms with E-state index in [1.807, 2.05) is 6.07 Å². The second-order valence-electron chi connectivity index (χ2n) is 5.89. The van der Waals surface area contributed by atoms with E-state index < -0.39 is 0 Å². The predicted octanol–water partition coefficient (Wildman–Crippen LogP) is 3.18. The number of nitrogens with zero attached hydrogens (tertiary/aromatic N) is 1. The summed E-state index contributed by atoms with van der Waals surface area (Å²) in [7, 11) is 0. The predicted molar refractivity (Wildman–Crippen MR) is 81.1 cm³/mol. The minimum Gasteiger partial charge on any atom is -0.345 e.